The zero-order chi connectivity index (χ0) is 21.2. The van der Waals surface area contributed by atoms with Crippen molar-refractivity contribution < 1.29 is 22.8 Å². The minimum Gasteiger partial charge on any atom is -0.376 e. The van der Waals surface area contributed by atoms with Crippen molar-refractivity contribution in [2.45, 2.75) is 19.1 Å². The minimum atomic E-state index is -4.51. The predicted molar refractivity (Wildman–Crippen MR) is 104 cm³/mol. The first kappa shape index (κ1) is 20.7. The van der Waals surface area contributed by atoms with Crippen LogP contribution in [0.2, 0.25) is 0 Å². The second kappa shape index (κ2) is 8.14. The van der Waals surface area contributed by atoms with Gasteiger partial charge in [-0.05, 0) is 23.8 Å². The molecule has 1 N–H and O–H groups in total. The maximum Gasteiger partial charge on any atom is 0.416 e. The molecule has 0 saturated carbocycles. The number of anilines is 2. The fourth-order valence-corrected chi connectivity index (χ4v) is 3.34. The smallest absolute Gasteiger partial charge is 0.376 e. The molecule has 0 spiro atoms. The lowest BCUT2D eigenvalue weighted by Crippen LogP contribution is -2.28. The van der Waals surface area contributed by atoms with Crippen LogP contribution >= 0.6 is 0 Å². The molecule has 8 heteroatoms. The Morgan fingerprint density at radius 3 is 2.48 bits per heavy atom. The molecule has 1 aliphatic rings. The number of nitrogens with one attached hydrogen (secondary N) is 1. The SMILES string of the molecule is CN(C)c1ccc(C(F)(F)F)cc1NC(=O)C1CC(=O)N(Cc2ccccc2)C1. The number of benzene rings is 2. The number of carbonyl (C=O) groups excluding carboxylic acids is 2. The molecule has 2 aromatic rings. The molecule has 1 unspecified atom stereocenters. The maximum atomic E-state index is 13.1. The van der Waals surface area contributed by atoms with Crippen LogP contribution in [0.5, 0.6) is 0 Å². The Hall–Kier alpha value is -3.03. The number of nitrogens with zero attached hydrogens (tertiary/aromatic N) is 2. The molecular weight excluding hydrogens is 383 g/mol. The zero-order valence-electron chi connectivity index (χ0n) is 16.2. The Balaban J connectivity index is 1.74. The van der Waals surface area contributed by atoms with E-state index in [2.05, 4.69) is 5.32 Å². The number of hydrogen-bond donors (Lipinski definition) is 1. The van der Waals surface area contributed by atoms with E-state index in [0.29, 0.717) is 12.2 Å². The van der Waals surface area contributed by atoms with E-state index in [1.807, 2.05) is 30.3 Å². The van der Waals surface area contributed by atoms with Gasteiger partial charge in [-0.1, -0.05) is 30.3 Å². The third kappa shape index (κ3) is 4.88. The normalized spacial score (nSPS) is 16.8. The number of amides is 2. The summed E-state index contributed by atoms with van der Waals surface area (Å²) in [6.45, 7) is 0.631. The Bertz CT molecular complexity index is 898. The van der Waals surface area contributed by atoms with Crippen molar-refractivity contribution in [3.63, 3.8) is 0 Å². The highest BCUT2D eigenvalue weighted by atomic mass is 19.4. The van der Waals surface area contributed by atoms with Gasteiger partial charge in [-0.3, -0.25) is 9.59 Å². The zero-order valence-corrected chi connectivity index (χ0v) is 16.2. The second-order valence-corrected chi connectivity index (χ2v) is 7.27. The average Bonchev–Trinajstić information content (AvgIpc) is 3.02. The summed E-state index contributed by atoms with van der Waals surface area (Å²) in [4.78, 5) is 28.2. The van der Waals surface area contributed by atoms with Gasteiger partial charge in [0.15, 0.2) is 0 Å². The number of halogens is 3. The van der Waals surface area contributed by atoms with E-state index in [-0.39, 0.29) is 24.6 Å². The molecule has 2 aromatic carbocycles. The molecule has 3 rings (SSSR count). The number of hydrogen-bond acceptors (Lipinski definition) is 3. The summed E-state index contributed by atoms with van der Waals surface area (Å²) in [6, 6.07) is 12.6. The Labute approximate surface area is 167 Å². The van der Waals surface area contributed by atoms with Crippen molar-refractivity contribution in [3.8, 4) is 0 Å². The van der Waals surface area contributed by atoms with Gasteiger partial charge in [-0.15, -0.1) is 0 Å². The van der Waals surface area contributed by atoms with Gasteiger partial charge in [-0.25, -0.2) is 0 Å². The summed E-state index contributed by atoms with van der Waals surface area (Å²) in [5.41, 5.74) is 0.641. The van der Waals surface area contributed by atoms with E-state index < -0.39 is 23.6 Å². The largest absolute Gasteiger partial charge is 0.416 e. The number of alkyl halides is 3. The molecule has 0 radical (unpaired) electrons. The van der Waals surface area contributed by atoms with Crippen LogP contribution in [0.3, 0.4) is 0 Å². The molecular formula is C21H22F3N3O2. The lowest BCUT2D eigenvalue weighted by Gasteiger charge is -2.21. The first-order valence-electron chi connectivity index (χ1n) is 9.16. The Morgan fingerprint density at radius 2 is 1.86 bits per heavy atom. The molecule has 1 fully saturated rings. The van der Waals surface area contributed by atoms with Crippen LogP contribution in [0.15, 0.2) is 48.5 Å². The van der Waals surface area contributed by atoms with Gasteiger partial charge < -0.3 is 15.1 Å². The maximum absolute atomic E-state index is 13.1. The number of carbonyl (C=O) groups is 2. The van der Waals surface area contributed by atoms with E-state index in [1.165, 1.54) is 6.07 Å². The molecule has 5 nitrogen and oxygen atoms in total. The third-order valence-corrected chi connectivity index (χ3v) is 4.87. The van der Waals surface area contributed by atoms with Crippen molar-refractivity contribution in [2.24, 2.45) is 5.92 Å². The van der Waals surface area contributed by atoms with Gasteiger partial charge in [0, 0.05) is 33.6 Å². The quantitative estimate of drug-likeness (QED) is 0.824. The number of likely N-dealkylation sites (tertiary alicyclic amines) is 1. The molecule has 0 aromatic heterocycles. The molecule has 1 saturated heterocycles. The second-order valence-electron chi connectivity index (χ2n) is 7.27. The Morgan fingerprint density at radius 1 is 1.17 bits per heavy atom. The van der Waals surface area contributed by atoms with Crippen LogP contribution in [-0.2, 0) is 22.3 Å². The molecule has 0 aliphatic carbocycles. The standard InChI is InChI=1S/C21H22F3N3O2/c1-26(2)18-9-8-16(21(22,23)24)11-17(18)25-20(29)15-10-19(28)27(13-15)12-14-6-4-3-5-7-14/h3-9,11,15H,10,12-13H2,1-2H3,(H,25,29). The molecule has 0 bridgehead atoms. The van der Waals surface area contributed by atoms with E-state index in [9.17, 15) is 22.8 Å². The van der Waals surface area contributed by atoms with Gasteiger partial charge in [0.25, 0.3) is 0 Å². The Kier molecular flexibility index (Phi) is 5.81. The van der Waals surface area contributed by atoms with Crippen LogP contribution < -0.4 is 10.2 Å². The summed E-state index contributed by atoms with van der Waals surface area (Å²) in [7, 11) is 3.36. The lowest BCUT2D eigenvalue weighted by atomic mass is 10.1. The first-order chi connectivity index (χ1) is 13.6. The first-order valence-corrected chi connectivity index (χ1v) is 9.16. The summed E-state index contributed by atoms with van der Waals surface area (Å²) in [5, 5.41) is 2.59. The van der Waals surface area contributed by atoms with Gasteiger partial charge in [0.2, 0.25) is 11.8 Å². The molecule has 1 heterocycles. The highest BCUT2D eigenvalue weighted by molar-refractivity contribution is 5.99. The molecule has 154 valence electrons. The van der Waals surface area contributed by atoms with E-state index in [0.717, 1.165) is 17.7 Å². The summed E-state index contributed by atoms with van der Waals surface area (Å²) < 4.78 is 39.2. The van der Waals surface area contributed by atoms with Crippen LogP contribution in [0.25, 0.3) is 0 Å². The molecule has 2 amide bonds. The van der Waals surface area contributed by atoms with Crippen LogP contribution in [0, 0.1) is 5.92 Å². The molecule has 1 atom stereocenters. The summed E-state index contributed by atoms with van der Waals surface area (Å²) in [5.74, 6) is -1.22. The van der Waals surface area contributed by atoms with E-state index in [1.54, 1.807) is 23.9 Å². The predicted octanol–water partition coefficient (Wildman–Crippen LogP) is 3.76. The van der Waals surface area contributed by atoms with Gasteiger partial charge >= 0.3 is 6.18 Å². The van der Waals surface area contributed by atoms with Crippen molar-refractivity contribution in [2.75, 3.05) is 30.9 Å². The minimum absolute atomic E-state index is 0.0366. The van der Waals surface area contributed by atoms with Crippen LogP contribution in [0.4, 0.5) is 24.5 Å². The third-order valence-electron chi connectivity index (χ3n) is 4.87. The van der Waals surface area contributed by atoms with Crippen molar-refractivity contribution in [1.29, 1.82) is 0 Å². The fourth-order valence-electron chi connectivity index (χ4n) is 3.34. The van der Waals surface area contributed by atoms with Crippen LogP contribution in [-0.4, -0.2) is 37.4 Å². The molecule has 1 aliphatic heterocycles. The van der Waals surface area contributed by atoms with Crippen molar-refractivity contribution >= 4 is 23.2 Å². The molecule has 29 heavy (non-hydrogen) atoms. The van der Waals surface area contributed by atoms with Gasteiger partial charge in [0.05, 0.1) is 22.9 Å². The van der Waals surface area contributed by atoms with Crippen LogP contribution in [0.1, 0.15) is 17.5 Å². The van der Waals surface area contributed by atoms with Crippen molar-refractivity contribution in [1.82, 2.24) is 4.90 Å². The highest BCUT2D eigenvalue weighted by Gasteiger charge is 2.35. The van der Waals surface area contributed by atoms with E-state index in [4.69, 9.17) is 0 Å². The van der Waals surface area contributed by atoms with Gasteiger partial charge in [-0.2, -0.15) is 13.2 Å². The summed E-state index contributed by atoms with van der Waals surface area (Å²) in [6.07, 6.45) is -4.48. The van der Waals surface area contributed by atoms with E-state index >= 15 is 0 Å². The fraction of sp³-hybridized carbons (Fsp3) is 0.333. The monoisotopic (exact) mass is 405 g/mol. The summed E-state index contributed by atoms with van der Waals surface area (Å²) >= 11 is 0. The number of rotatable bonds is 5. The average molecular weight is 405 g/mol. The highest BCUT2D eigenvalue weighted by Crippen LogP contribution is 2.35. The van der Waals surface area contributed by atoms with Gasteiger partial charge in [0.1, 0.15) is 0 Å². The van der Waals surface area contributed by atoms with Crippen molar-refractivity contribution in [3.05, 3.63) is 59.7 Å². The topological polar surface area (TPSA) is 52.7 Å². The lowest BCUT2D eigenvalue weighted by molar-refractivity contribution is -0.137.